The molecule has 0 aliphatic carbocycles. The molecule has 0 radical (unpaired) electrons. The van der Waals surface area contributed by atoms with Gasteiger partial charge >= 0.3 is 12.0 Å². The van der Waals surface area contributed by atoms with E-state index in [2.05, 4.69) is 0 Å². The molecule has 0 bridgehead atoms. The summed E-state index contributed by atoms with van der Waals surface area (Å²) in [5.41, 5.74) is 4.83. The monoisotopic (exact) mass is 257 g/mol. The molecule has 1 aliphatic heterocycles. The number of hydrogen-bond donors (Lipinski definition) is 2. The molecule has 1 rings (SSSR count). The highest BCUT2D eigenvalue weighted by Crippen LogP contribution is 2.23. The van der Waals surface area contributed by atoms with Crippen molar-refractivity contribution in [3.05, 3.63) is 0 Å². The van der Waals surface area contributed by atoms with E-state index < -0.39 is 11.9 Å². The number of nitrogens with one attached hydrogen (secondary N) is 1. The van der Waals surface area contributed by atoms with E-state index in [4.69, 9.17) is 10.5 Å². The summed E-state index contributed by atoms with van der Waals surface area (Å²) in [4.78, 5) is 35.2. The maximum atomic E-state index is 11.5. The molecule has 7 nitrogen and oxygen atoms in total. The Kier molecular flexibility index (Phi) is 5.08. The van der Waals surface area contributed by atoms with Crippen LogP contribution in [-0.4, -0.2) is 49.6 Å². The van der Waals surface area contributed by atoms with Gasteiger partial charge in [-0.05, 0) is 5.92 Å². The second-order valence-electron chi connectivity index (χ2n) is 4.53. The third kappa shape index (κ3) is 3.99. The van der Waals surface area contributed by atoms with E-state index in [0.717, 1.165) is 6.54 Å². The highest BCUT2D eigenvalue weighted by atomic mass is 16.5. The first-order valence-electron chi connectivity index (χ1n) is 5.83. The van der Waals surface area contributed by atoms with Crippen molar-refractivity contribution >= 4 is 17.9 Å². The van der Waals surface area contributed by atoms with Crippen molar-refractivity contribution in [2.75, 3.05) is 26.7 Å². The van der Waals surface area contributed by atoms with Crippen molar-refractivity contribution in [2.45, 2.75) is 13.3 Å². The van der Waals surface area contributed by atoms with Crippen LogP contribution in [0.5, 0.6) is 0 Å². The van der Waals surface area contributed by atoms with Crippen molar-refractivity contribution in [3.63, 3.8) is 0 Å². The number of esters is 1. The summed E-state index contributed by atoms with van der Waals surface area (Å²) < 4.78 is 4.73. The number of imide groups is 1. The number of nitrogens with two attached hydrogens (primary N) is 1. The molecule has 2 unspecified atom stereocenters. The lowest BCUT2D eigenvalue weighted by molar-refractivity contribution is -0.146. The number of amides is 3. The van der Waals surface area contributed by atoms with Crippen LogP contribution in [0.3, 0.4) is 0 Å². The van der Waals surface area contributed by atoms with Crippen LogP contribution < -0.4 is 11.1 Å². The topological polar surface area (TPSA) is 102 Å². The molecule has 102 valence electrons. The molecule has 1 fully saturated rings. The fourth-order valence-electron chi connectivity index (χ4n) is 2.17. The first kappa shape index (κ1) is 14.4. The fourth-order valence-corrected chi connectivity index (χ4v) is 2.17. The molecule has 3 N–H and O–H groups in total. The van der Waals surface area contributed by atoms with E-state index in [0.29, 0.717) is 13.1 Å². The standard InChI is InChI=1S/C11H19N3O4/c1-7-5-14(6-8(7)10(16)18-2)4-3-9(15)13-11(12)17/h7-8H,3-6H2,1-2H3,(H3,12,13,15,17). The van der Waals surface area contributed by atoms with Crippen LogP contribution in [0.15, 0.2) is 0 Å². The van der Waals surface area contributed by atoms with Crippen molar-refractivity contribution in [3.8, 4) is 0 Å². The van der Waals surface area contributed by atoms with Crippen molar-refractivity contribution in [1.29, 1.82) is 0 Å². The molecule has 7 heteroatoms. The van der Waals surface area contributed by atoms with Gasteiger partial charge < -0.3 is 15.4 Å². The van der Waals surface area contributed by atoms with Gasteiger partial charge in [0.05, 0.1) is 13.0 Å². The Morgan fingerprint density at radius 3 is 2.61 bits per heavy atom. The third-order valence-electron chi connectivity index (χ3n) is 3.11. The molecule has 0 aromatic carbocycles. The number of rotatable bonds is 4. The van der Waals surface area contributed by atoms with Crippen LogP contribution in [0, 0.1) is 11.8 Å². The van der Waals surface area contributed by atoms with E-state index in [1.807, 2.05) is 17.1 Å². The molecular weight excluding hydrogens is 238 g/mol. The van der Waals surface area contributed by atoms with Crippen molar-refractivity contribution < 1.29 is 19.1 Å². The minimum atomic E-state index is -0.845. The van der Waals surface area contributed by atoms with E-state index in [9.17, 15) is 14.4 Å². The summed E-state index contributed by atoms with van der Waals surface area (Å²) in [7, 11) is 1.37. The van der Waals surface area contributed by atoms with Gasteiger partial charge in [0.1, 0.15) is 0 Å². The Balaban J connectivity index is 2.35. The summed E-state index contributed by atoms with van der Waals surface area (Å²) in [6.45, 7) is 3.79. The molecule has 1 heterocycles. The van der Waals surface area contributed by atoms with E-state index in [1.165, 1.54) is 7.11 Å². The highest BCUT2D eigenvalue weighted by molar-refractivity contribution is 5.93. The Labute approximate surface area is 106 Å². The molecule has 0 spiro atoms. The molecule has 0 saturated carbocycles. The molecule has 0 aromatic heterocycles. The fraction of sp³-hybridized carbons (Fsp3) is 0.727. The molecule has 2 atom stereocenters. The average molecular weight is 257 g/mol. The number of carbonyl (C=O) groups is 3. The first-order valence-corrected chi connectivity index (χ1v) is 5.83. The predicted molar refractivity (Wildman–Crippen MR) is 63.5 cm³/mol. The number of hydrogen-bond acceptors (Lipinski definition) is 5. The average Bonchev–Trinajstić information content (AvgIpc) is 2.66. The zero-order chi connectivity index (χ0) is 13.7. The number of ether oxygens (including phenoxy) is 1. The molecular formula is C11H19N3O4. The Morgan fingerprint density at radius 1 is 1.39 bits per heavy atom. The summed E-state index contributed by atoms with van der Waals surface area (Å²) in [5.74, 6) is -0.561. The van der Waals surface area contributed by atoms with Gasteiger partial charge in [0.15, 0.2) is 0 Å². The maximum Gasteiger partial charge on any atom is 0.318 e. The normalized spacial score (nSPS) is 23.7. The van der Waals surface area contributed by atoms with Crippen LogP contribution in [0.4, 0.5) is 4.79 Å². The number of carbonyl (C=O) groups excluding carboxylic acids is 3. The summed E-state index contributed by atoms with van der Waals surface area (Å²) >= 11 is 0. The quantitative estimate of drug-likeness (QED) is 0.649. The minimum Gasteiger partial charge on any atom is -0.469 e. The van der Waals surface area contributed by atoms with Crippen LogP contribution in [0.2, 0.25) is 0 Å². The minimum absolute atomic E-state index is 0.144. The van der Waals surface area contributed by atoms with Gasteiger partial charge in [-0.1, -0.05) is 6.92 Å². The largest absolute Gasteiger partial charge is 0.469 e. The van der Waals surface area contributed by atoms with Crippen molar-refractivity contribution in [2.24, 2.45) is 17.6 Å². The molecule has 1 aliphatic rings. The number of urea groups is 1. The lowest BCUT2D eigenvalue weighted by atomic mass is 9.99. The Bertz CT molecular complexity index is 345. The Hall–Kier alpha value is -1.63. The van der Waals surface area contributed by atoms with Crippen molar-refractivity contribution in [1.82, 2.24) is 10.2 Å². The maximum absolute atomic E-state index is 11.5. The molecule has 18 heavy (non-hydrogen) atoms. The predicted octanol–water partition coefficient (Wildman–Crippen LogP) is -0.688. The lowest BCUT2D eigenvalue weighted by Gasteiger charge is -2.14. The second kappa shape index (κ2) is 6.34. The SMILES string of the molecule is COC(=O)C1CN(CCC(=O)NC(N)=O)CC1C. The van der Waals surface area contributed by atoms with Gasteiger partial charge in [-0.15, -0.1) is 0 Å². The zero-order valence-corrected chi connectivity index (χ0v) is 10.6. The van der Waals surface area contributed by atoms with Gasteiger partial charge in [0, 0.05) is 26.1 Å². The molecule has 3 amide bonds. The zero-order valence-electron chi connectivity index (χ0n) is 10.6. The Morgan fingerprint density at radius 2 is 2.06 bits per heavy atom. The number of methoxy groups -OCH3 is 1. The molecule has 1 saturated heterocycles. The number of likely N-dealkylation sites (tertiary alicyclic amines) is 1. The second-order valence-corrected chi connectivity index (χ2v) is 4.53. The molecule has 0 aromatic rings. The van der Waals surface area contributed by atoms with Gasteiger partial charge in [0.25, 0.3) is 0 Å². The van der Waals surface area contributed by atoms with Crippen LogP contribution in [0.1, 0.15) is 13.3 Å². The highest BCUT2D eigenvalue weighted by Gasteiger charge is 2.35. The van der Waals surface area contributed by atoms with E-state index >= 15 is 0 Å². The van der Waals surface area contributed by atoms with Crippen LogP contribution >= 0.6 is 0 Å². The van der Waals surface area contributed by atoms with Gasteiger partial charge in [-0.2, -0.15) is 0 Å². The number of nitrogens with zero attached hydrogens (tertiary/aromatic N) is 1. The van der Waals surface area contributed by atoms with E-state index in [-0.39, 0.29) is 24.2 Å². The summed E-state index contributed by atoms with van der Waals surface area (Å²) in [5, 5.41) is 2.00. The van der Waals surface area contributed by atoms with E-state index in [1.54, 1.807) is 0 Å². The van der Waals surface area contributed by atoms with Gasteiger partial charge in [0.2, 0.25) is 5.91 Å². The lowest BCUT2D eigenvalue weighted by Crippen LogP contribution is -2.37. The third-order valence-corrected chi connectivity index (χ3v) is 3.11. The summed E-state index contributed by atoms with van der Waals surface area (Å²) in [6.07, 6.45) is 0.184. The van der Waals surface area contributed by atoms with Gasteiger partial charge in [-0.3, -0.25) is 14.9 Å². The van der Waals surface area contributed by atoms with Crippen LogP contribution in [0.25, 0.3) is 0 Å². The number of primary amides is 1. The first-order chi connectivity index (χ1) is 8.43. The van der Waals surface area contributed by atoms with Crippen LogP contribution in [-0.2, 0) is 14.3 Å². The summed E-state index contributed by atoms with van der Waals surface area (Å²) in [6, 6.07) is -0.845. The van der Waals surface area contributed by atoms with Gasteiger partial charge in [-0.25, -0.2) is 4.79 Å². The smallest absolute Gasteiger partial charge is 0.318 e.